The summed E-state index contributed by atoms with van der Waals surface area (Å²) in [5.74, 6) is 0.296. The van der Waals surface area contributed by atoms with E-state index in [9.17, 15) is 0 Å². The van der Waals surface area contributed by atoms with E-state index in [2.05, 4.69) is 52.1 Å². The van der Waals surface area contributed by atoms with Gasteiger partial charge >= 0.3 is 0 Å². The van der Waals surface area contributed by atoms with Crippen molar-refractivity contribution in [2.45, 2.75) is 25.6 Å². The Morgan fingerprint density at radius 2 is 1.92 bits per heavy atom. The van der Waals surface area contributed by atoms with Gasteiger partial charge in [-0.1, -0.05) is 52.1 Å². The number of ether oxygens (including phenoxy) is 2. The molecule has 0 aromatic carbocycles. The van der Waals surface area contributed by atoms with E-state index < -0.39 is 0 Å². The van der Waals surface area contributed by atoms with Gasteiger partial charge in [0.25, 0.3) is 0 Å². The zero-order valence-corrected chi connectivity index (χ0v) is 12.2. The molecule has 13 heavy (non-hydrogen) atoms. The van der Waals surface area contributed by atoms with Crippen molar-refractivity contribution in [3.05, 3.63) is 0 Å². The van der Waals surface area contributed by atoms with Gasteiger partial charge in [-0.15, -0.1) is 0 Å². The van der Waals surface area contributed by atoms with Crippen LogP contribution >= 0.6 is 45.2 Å². The van der Waals surface area contributed by atoms with E-state index in [4.69, 9.17) is 9.47 Å². The van der Waals surface area contributed by atoms with Gasteiger partial charge < -0.3 is 9.47 Å². The molecule has 1 aliphatic heterocycles. The Morgan fingerprint density at radius 1 is 1.31 bits per heavy atom. The molecule has 1 saturated heterocycles. The van der Waals surface area contributed by atoms with Gasteiger partial charge in [-0.2, -0.15) is 0 Å². The van der Waals surface area contributed by atoms with E-state index in [0.29, 0.717) is 5.92 Å². The minimum absolute atomic E-state index is 0.258. The van der Waals surface area contributed by atoms with Crippen LogP contribution in [0.3, 0.4) is 0 Å². The second-order valence-corrected chi connectivity index (χ2v) is 5.15. The highest BCUT2D eigenvalue weighted by Gasteiger charge is 2.41. The standard InChI is InChI=1S/C9H16I2O2/c1-2-9(12-5-6-13-9)8(7-11)3-4-10/h8H,2-7H2,1H3. The number of alkyl halides is 2. The summed E-state index contributed by atoms with van der Waals surface area (Å²) in [5.41, 5.74) is 0. The third kappa shape index (κ3) is 2.92. The van der Waals surface area contributed by atoms with Crippen molar-refractivity contribution >= 4 is 45.2 Å². The molecule has 0 amide bonds. The minimum Gasteiger partial charge on any atom is -0.347 e. The van der Waals surface area contributed by atoms with Crippen molar-refractivity contribution in [3.8, 4) is 0 Å². The number of hydrogen-bond donors (Lipinski definition) is 0. The van der Waals surface area contributed by atoms with Gasteiger partial charge in [0.2, 0.25) is 0 Å². The van der Waals surface area contributed by atoms with Gasteiger partial charge in [-0.05, 0) is 12.8 Å². The van der Waals surface area contributed by atoms with Crippen molar-refractivity contribution in [3.63, 3.8) is 0 Å². The summed E-state index contributed by atoms with van der Waals surface area (Å²) in [7, 11) is 0. The largest absolute Gasteiger partial charge is 0.347 e. The summed E-state index contributed by atoms with van der Waals surface area (Å²) in [4.78, 5) is 0. The average Bonchev–Trinajstić information content (AvgIpc) is 2.63. The smallest absolute Gasteiger partial charge is 0.171 e. The molecule has 0 radical (unpaired) electrons. The molecule has 0 spiro atoms. The normalized spacial score (nSPS) is 23.3. The average molecular weight is 410 g/mol. The molecule has 0 aliphatic carbocycles. The third-order valence-electron chi connectivity index (χ3n) is 2.53. The summed E-state index contributed by atoms with van der Waals surface area (Å²) in [5, 5.41) is 0. The van der Waals surface area contributed by atoms with Gasteiger partial charge in [0.15, 0.2) is 5.79 Å². The fourth-order valence-electron chi connectivity index (χ4n) is 1.75. The molecule has 1 rings (SSSR count). The molecule has 1 aliphatic rings. The molecule has 0 aromatic rings. The van der Waals surface area contributed by atoms with Gasteiger partial charge in [-0.25, -0.2) is 0 Å². The molecule has 1 atom stereocenters. The lowest BCUT2D eigenvalue weighted by Crippen LogP contribution is -2.39. The maximum atomic E-state index is 5.76. The number of rotatable bonds is 5. The fourth-order valence-corrected chi connectivity index (χ4v) is 3.61. The predicted molar refractivity (Wildman–Crippen MR) is 70.8 cm³/mol. The summed E-state index contributed by atoms with van der Waals surface area (Å²) in [6.07, 6.45) is 2.16. The lowest BCUT2D eigenvalue weighted by Gasteiger charge is -2.33. The second kappa shape index (κ2) is 6.07. The van der Waals surface area contributed by atoms with Crippen molar-refractivity contribution in [2.75, 3.05) is 22.1 Å². The van der Waals surface area contributed by atoms with Crippen LogP contribution in [-0.2, 0) is 9.47 Å². The highest BCUT2D eigenvalue weighted by atomic mass is 127. The Hall–Kier alpha value is 1.38. The molecule has 0 aromatic heterocycles. The van der Waals surface area contributed by atoms with Crippen LogP contribution in [0.5, 0.6) is 0 Å². The Bertz CT molecular complexity index is 147. The van der Waals surface area contributed by atoms with Crippen molar-refractivity contribution in [1.82, 2.24) is 0 Å². The van der Waals surface area contributed by atoms with E-state index in [1.54, 1.807) is 0 Å². The minimum atomic E-state index is -0.258. The number of hydrogen-bond acceptors (Lipinski definition) is 2. The van der Waals surface area contributed by atoms with Crippen molar-refractivity contribution in [2.24, 2.45) is 5.92 Å². The highest BCUT2D eigenvalue weighted by molar-refractivity contribution is 14.1. The van der Waals surface area contributed by atoms with Gasteiger partial charge in [-0.3, -0.25) is 0 Å². The molecule has 1 fully saturated rings. The summed E-state index contributed by atoms with van der Waals surface area (Å²) < 4.78 is 13.8. The molecule has 4 heteroatoms. The molecule has 0 saturated carbocycles. The third-order valence-corrected chi connectivity index (χ3v) is 4.22. The van der Waals surface area contributed by atoms with Crippen LogP contribution in [0.2, 0.25) is 0 Å². The van der Waals surface area contributed by atoms with Crippen LogP contribution in [0, 0.1) is 5.92 Å². The zero-order chi connectivity index (χ0) is 9.73. The molecule has 2 nitrogen and oxygen atoms in total. The first-order chi connectivity index (χ1) is 6.29. The highest BCUT2D eigenvalue weighted by Crippen LogP contribution is 2.35. The Labute approximate surface area is 107 Å². The molecular formula is C9H16I2O2. The second-order valence-electron chi connectivity index (χ2n) is 3.19. The fraction of sp³-hybridized carbons (Fsp3) is 1.00. The molecule has 1 heterocycles. The van der Waals surface area contributed by atoms with Gasteiger partial charge in [0, 0.05) is 14.8 Å². The topological polar surface area (TPSA) is 18.5 Å². The van der Waals surface area contributed by atoms with Crippen LogP contribution in [0.1, 0.15) is 19.8 Å². The van der Waals surface area contributed by atoms with Gasteiger partial charge in [0.05, 0.1) is 13.2 Å². The first kappa shape index (κ1) is 12.4. The van der Waals surface area contributed by atoms with E-state index in [1.165, 1.54) is 10.8 Å². The molecule has 0 bridgehead atoms. The first-order valence-corrected chi connectivity index (χ1v) is 7.74. The quantitative estimate of drug-likeness (QED) is 0.513. The van der Waals surface area contributed by atoms with Crippen LogP contribution in [-0.4, -0.2) is 27.9 Å². The van der Waals surface area contributed by atoms with E-state index >= 15 is 0 Å². The first-order valence-electron chi connectivity index (χ1n) is 4.69. The SMILES string of the molecule is CCC1(C(CI)CCI)OCCO1. The molecule has 78 valence electrons. The molecule has 1 unspecified atom stereocenters. The lowest BCUT2D eigenvalue weighted by atomic mass is 9.95. The monoisotopic (exact) mass is 410 g/mol. The summed E-state index contributed by atoms with van der Waals surface area (Å²) in [6, 6.07) is 0. The van der Waals surface area contributed by atoms with Crippen LogP contribution in [0.25, 0.3) is 0 Å². The van der Waals surface area contributed by atoms with Crippen molar-refractivity contribution in [1.29, 1.82) is 0 Å². The predicted octanol–water partition coefficient (Wildman–Crippen LogP) is 3.02. The van der Waals surface area contributed by atoms with Crippen molar-refractivity contribution < 1.29 is 9.47 Å². The Kier molecular flexibility index (Phi) is 5.81. The van der Waals surface area contributed by atoms with Gasteiger partial charge in [0.1, 0.15) is 0 Å². The Morgan fingerprint density at radius 3 is 2.31 bits per heavy atom. The maximum absolute atomic E-state index is 5.76. The van der Waals surface area contributed by atoms with E-state index in [1.807, 2.05) is 0 Å². The molecule has 0 N–H and O–H groups in total. The van der Waals surface area contributed by atoms with E-state index in [0.717, 1.165) is 24.1 Å². The number of halogens is 2. The van der Waals surface area contributed by atoms with E-state index in [-0.39, 0.29) is 5.79 Å². The maximum Gasteiger partial charge on any atom is 0.171 e. The van der Waals surface area contributed by atoms with Crippen LogP contribution in [0.4, 0.5) is 0 Å². The zero-order valence-electron chi connectivity index (χ0n) is 7.89. The lowest BCUT2D eigenvalue weighted by molar-refractivity contribution is -0.191. The summed E-state index contributed by atoms with van der Waals surface area (Å²) >= 11 is 4.85. The summed E-state index contributed by atoms with van der Waals surface area (Å²) in [6.45, 7) is 3.68. The molecular weight excluding hydrogens is 394 g/mol. The van der Waals surface area contributed by atoms with Crippen LogP contribution < -0.4 is 0 Å². The Balaban J connectivity index is 2.60. The van der Waals surface area contributed by atoms with Crippen LogP contribution in [0.15, 0.2) is 0 Å².